The number of piperazine rings is 1. The summed E-state index contributed by atoms with van der Waals surface area (Å²) in [7, 11) is 0. The molecule has 212 valence electrons. The molecule has 0 amide bonds. The van der Waals surface area contributed by atoms with Gasteiger partial charge in [0.2, 0.25) is 0 Å². The summed E-state index contributed by atoms with van der Waals surface area (Å²) in [6.07, 6.45) is 3.29. The van der Waals surface area contributed by atoms with E-state index in [0.29, 0.717) is 29.9 Å². The van der Waals surface area contributed by atoms with Crippen LogP contribution in [0.3, 0.4) is 0 Å². The number of rotatable bonds is 12. The summed E-state index contributed by atoms with van der Waals surface area (Å²) >= 11 is 12.3. The molecule has 0 bridgehead atoms. The number of halogens is 2. The van der Waals surface area contributed by atoms with Crippen molar-refractivity contribution < 1.29 is 18.9 Å². The molecule has 2 heterocycles. The Balaban J connectivity index is 1.01. The third-order valence-electron chi connectivity index (χ3n) is 7.18. The van der Waals surface area contributed by atoms with Crippen LogP contribution >= 0.6 is 23.2 Å². The Hall–Kier alpha value is -2.74. The minimum absolute atomic E-state index is 0.168. The first-order valence-corrected chi connectivity index (χ1v) is 14.6. The van der Waals surface area contributed by atoms with E-state index in [0.717, 1.165) is 62.6 Å². The molecule has 8 heteroatoms. The van der Waals surface area contributed by atoms with Crippen LogP contribution in [0.1, 0.15) is 23.8 Å². The van der Waals surface area contributed by atoms with Gasteiger partial charge >= 0.3 is 0 Å². The summed E-state index contributed by atoms with van der Waals surface area (Å²) in [5.41, 5.74) is 3.32. The molecule has 0 aliphatic carbocycles. The molecule has 2 aliphatic rings. The van der Waals surface area contributed by atoms with E-state index in [1.165, 1.54) is 11.3 Å². The second kappa shape index (κ2) is 14.2. The predicted octanol–water partition coefficient (Wildman–Crippen LogP) is 6.81. The molecule has 3 aromatic rings. The van der Waals surface area contributed by atoms with E-state index < -0.39 is 6.29 Å². The number of benzene rings is 3. The van der Waals surface area contributed by atoms with Gasteiger partial charge in [-0.15, -0.1) is 0 Å². The average molecular weight is 584 g/mol. The fraction of sp³-hybridized carbons (Fsp3) is 0.375. The quantitative estimate of drug-likeness (QED) is 0.219. The zero-order valence-corrected chi connectivity index (χ0v) is 24.2. The molecule has 6 nitrogen and oxygen atoms in total. The summed E-state index contributed by atoms with van der Waals surface area (Å²) < 4.78 is 23.4. The van der Waals surface area contributed by atoms with Crippen molar-refractivity contribution in [3.8, 4) is 11.5 Å². The van der Waals surface area contributed by atoms with E-state index >= 15 is 0 Å². The molecule has 2 fully saturated rings. The minimum Gasteiger partial charge on any atom is -0.491 e. The zero-order chi connectivity index (χ0) is 27.7. The molecule has 0 aromatic heterocycles. The first kappa shape index (κ1) is 28.8. The number of hydrogen-bond acceptors (Lipinski definition) is 6. The summed E-state index contributed by atoms with van der Waals surface area (Å²) in [4.78, 5) is 5.00. The Labute approximate surface area is 247 Å². The molecule has 0 radical (unpaired) electrons. The summed E-state index contributed by atoms with van der Waals surface area (Å²) in [5.74, 6) is 1.73. The highest BCUT2D eigenvalue weighted by Crippen LogP contribution is 2.33. The number of anilines is 1. The van der Waals surface area contributed by atoms with Crippen molar-refractivity contribution in [2.45, 2.75) is 25.2 Å². The Morgan fingerprint density at radius 1 is 0.925 bits per heavy atom. The second-order valence-corrected chi connectivity index (χ2v) is 10.9. The Kier molecular flexibility index (Phi) is 10.2. The largest absolute Gasteiger partial charge is 0.491 e. The van der Waals surface area contributed by atoms with E-state index in [9.17, 15) is 0 Å². The maximum atomic E-state index is 6.29. The first-order valence-electron chi connectivity index (χ1n) is 13.8. The van der Waals surface area contributed by atoms with Gasteiger partial charge in [0.05, 0.1) is 11.6 Å². The van der Waals surface area contributed by atoms with Crippen molar-refractivity contribution in [3.05, 3.63) is 101 Å². The maximum Gasteiger partial charge on any atom is 0.185 e. The van der Waals surface area contributed by atoms with Crippen LogP contribution in [0.4, 0.5) is 5.69 Å². The molecule has 0 N–H and O–H groups in total. The van der Waals surface area contributed by atoms with Crippen LogP contribution in [-0.4, -0.2) is 63.5 Å². The molecular weight excluding hydrogens is 547 g/mol. The Morgan fingerprint density at radius 2 is 1.75 bits per heavy atom. The molecule has 2 unspecified atom stereocenters. The lowest BCUT2D eigenvalue weighted by atomic mass is 10.1. The van der Waals surface area contributed by atoms with Gasteiger partial charge in [-0.25, -0.2) is 0 Å². The van der Waals surface area contributed by atoms with Crippen LogP contribution in [0.2, 0.25) is 10.0 Å². The zero-order valence-electron chi connectivity index (χ0n) is 22.6. The molecule has 2 aliphatic heterocycles. The van der Waals surface area contributed by atoms with Gasteiger partial charge in [0.25, 0.3) is 0 Å². The van der Waals surface area contributed by atoms with Crippen LogP contribution in [0.25, 0.3) is 0 Å². The molecule has 40 heavy (non-hydrogen) atoms. The van der Waals surface area contributed by atoms with Gasteiger partial charge in [-0.3, -0.25) is 4.90 Å². The maximum absolute atomic E-state index is 6.29. The lowest BCUT2D eigenvalue weighted by Crippen LogP contribution is -2.46. The van der Waals surface area contributed by atoms with Crippen molar-refractivity contribution in [2.75, 3.05) is 57.4 Å². The van der Waals surface area contributed by atoms with Gasteiger partial charge in [-0.2, -0.15) is 0 Å². The predicted molar refractivity (Wildman–Crippen MR) is 161 cm³/mol. The molecular formula is C32H36Cl2N2O4. The summed E-state index contributed by atoms with van der Waals surface area (Å²) in [6, 6.07) is 22.0. The Morgan fingerprint density at radius 3 is 2.52 bits per heavy atom. The van der Waals surface area contributed by atoms with E-state index in [1.807, 2.05) is 24.3 Å². The number of hydrogen-bond donors (Lipinski definition) is 0. The van der Waals surface area contributed by atoms with Crippen LogP contribution < -0.4 is 14.4 Å². The lowest BCUT2D eigenvalue weighted by Gasteiger charge is -2.36. The molecule has 0 saturated carbocycles. The standard InChI is InChI=1S/C32H36Cl2N2O4/c1-2-19-37-28-7-3-5-24(20-28)6-4-14-35-15-17-36(18-16-35)26-9-11-27(12-10-26)38-22-29-23-39-32(40-29)30-13-8-25(33)21-31(30)34/h2-3,5,7-13,20-21,29,32H,1,4,6,14-19,22-23H2. The highest BCUT2D eigenvalue weighted by molar-refractivity contribution is 6.35. The van der Waals surface area contributed by atoms with E-state index in [4.69, 9.17) is 42.1 Å². The van der Waals surface area contributed by atoms with Gasteiger partial charge in [-0.1, -0.05) is 54.1 Å². The molecule has 5 rings (SSSR count). The SMILES string of the molecule is C=CCOc1cccc(CCCN2CCN(c3ccc(OCC4COC(c5ccc(Cl)cc5Cl)O4)cc3)CC2)c1. The Bertz CT molecular complexity index is 1250. The van der Waals surface area contributed by atoms with Crippen molar-refractivity contribution in [1.82, 2.24) is 4.90 Å². The van der Waals surface area contributed by atoms with Gasteiger partial charge in [0, 0.05) is 42.5 Å². The van der Waals surface area contributed by atoms with Crippen molar-refractivity contribution in [1.29, 1.82) is 0 Å². The normalized spacial score (nSPS) is 19.5. The van der Waals surface area contributed by atoms with Gasteiger partial charge in [0.1, 0.15) is 30.8 Å². The van der Waals surface area contributed by atoms with Crippen molar-refractivity contribution >= 4 is 28.9 Å². The highest BCUT2D eigenvalue weighted by Gasteiger charge is 2.29. The summed E-state index contributed by atoms with van der Waals surface area (Å²) in [5, 5.41) is 1.12. The summed E-state index contributed by atoms with van der Waals surface area (Å²) in [6.45, 7) is 10.4. The monoisotopic (exact) mass is 582 g/mol. The van der Waals surface area contributed by atoms with E-state index in [1.54, 1.807) is 18.2 Å². The average Bonchev–Trinajstić information content (AvgIpc) is 3.45. The fourth-order valence-electron chi connectivity index (χ4n) is 5.02. The molecule has 0 spiro atoms. The molecule has 2 atom stereocenters. The number of aryl methyl sites for hydroxylation is 1. The third-order valence-corrected chi connectivity index (χ3v) is 7.74. The van der Waals surface area contributed by atoms with E-state index in [-0.39, 0.29) is 6.10 Å². The van der Waals surface area contributed by atoms with Gasteiger partial charge in [0.15, 0.2) is 6.29 Å². The highest BCUT2D eigenvalue weighted by atomic mass is 35.5. The van der Waals surface area contributed by atoms with Crippen LogP contribution in [0, 0.1) is 0 Å². The van der Waals surface area contributed by atoms with E-state index in [2.05, 4.69) is 46.7 Å². The first-order chi connectivity index (χ1) is 19.6. The fourth-order valence-corrected chi connectivity index (χ4v) is 5.51. The molecule has 3 aromatic carbocycles. The molecule has 2 saturated heterocycles. The van der Waals surface area contributed by atoms with Crippen LogP contribution in [-0.2, 0) is 15.9 Å². The smallest absolute Gasteiger partial charge is 0.185 e. The lowest BCUT2D eigenvalue weighted by molar-refractivity contribution is -0.0658. The van der Waals surface area contributed by atoms with Crippen molar-refractivity contribution in [3.63, 3.8) is 0 Å². The van der Waals surface area contributed by atoms with Gasteiger partial charge < -0.3 is 23.8 Å². The number of nitrogens with zero attached hydrogens (tertiary/aromatic N) is 2. The topological polar surface area (TPSA) is 43.4 Å². The van der Waals surface area contributed by atoms with Crippen LogP contribution in [0.15, 0.2) is 79.4 Å². The van der Waals surface area contributed by atoms with Crippen LogP contribution in [0.5, 0.6) is 11.5 Å². The minimum atomic E-state index is -0.507. The number of ether oxygens (including phenoxy) is 4. The van der Waals surface area contributed by atoms with Gasteiger partial charge in [-0.05, 0) is 73.5 Å². The third kappa shape index (κ3) is 7.93. The van der Waals surface area contributed by atoms with Crippen molar-refractivity contribution in [2.24, 2.45) is 0 Å². The second-order valence-electron chi connectivity index (χ2n) is 10.1.